The molecule has 21 heavy (non-hydrogen) atoms. The van der Waals surface area contributed by atoms with Gasteiger partial charge in [-0.25, -0.2) is 0 Å². The lowest BCUT2D eigenvalue weighted by atomic mass is 9.96. The molecule has 2 aliphatic heterocycles. The van der Waals surface area contributed by atoms with E-state index in [4.69, 9.17) is 0 Å². The van der Waals surface area contributed by atoms with Gasteiger partial charge in [0.1, 0.15) is 0 Å². The van der Waals surface area contributed by atoms with Gasteiger partial charge < -0.3 is 15.1 Å². The van der Waals surface area contributed by atoms with Crippen LogP contribution in [0.25, 0.3) is 0 Å². The lowest BCUT2D eigenvalue weighted by molar-refractivity contribution is -0.137. The highest BCUT2D eigenvalue weighted by Crippen LogP contribution is 2.40. The third kappa shape index (κ3) is 2.58. The lowest BCUT2D eigenvalue weighted by Gasteiger charge is -2.30. The Morgan fingerprint density at radius 3 is 2.95 bits per heavy atom. The summed E-state index contributed by atoms with van der Waals surface area (Å²) in [6, 6.07) is 4.13. The first-order valence-corrected chi connectivity index (χ1v) is 8.24. The van der Waals surface area contributed by atoms with Gasteiger partial charge >= 0.3 is 0 Å². The van der Waals surface area contributed by atoms with Gasteiger partial charge in [-0.3, -0.25) is 9.59 Å². The molecule has 2 saturated heterocycles. The number of hydrogen-bond donors (Lipinski definition) is 1. The molecule has 0 spiro atoms. The summed E-state index contributed by atoms with van der Waals surface area (Å²) < 4.78 is 0. The average molecular weight is 307 g/mol. The second-order valence-electron chi connectivity index (χ2n) is 5.87. The fourth-order valence-electron chi connectivity index (χ4n) is 3.35. The van der Waals surface area contributed by atoms with Gasteiger partial charge in [-0.1, -0.05) is 6.07 Å². The molecule has 1 aromatic rings. The molecular weight excluding hydrogens is 286 g/mol. The minimum atomic E-state index is -0.258. The third-order valence-corrected chi connectivity index (χ3v) is 5.61. The van der Waals surface area contributed by atoms with E-state index in [1.54, 1.807) is 23.3 Å². The SMILES string of the molecule is CN(C(=O)[C@@H]1CC(=O)N(C)[C@@H]1c1cccs1)[C@@H]1CCNC1. The second kappa shape index (κ2) is 5.77. The fourth-order valence-corrected chi connectivity index (χ4v) is 4.28. The summed E-state index contributed by atoms with van der Waals surface area (Å²) in [5.74, 6) is -0.101. The maximum absolute atomic E-state index is 12.9. The molecule has 3 heterocycles. The number of nitrogens with zero attached hydrogens (tertiary/aromatic N) is 2. The normalized spacial score (nSPS) is 29.1. The highest BCUT2D eigenvalue weighted by Gasteiger charge is 2.45. The van der Waals surface area contributed by atoms with Gasteiger partial charge in [0.15, 0.2) is 0 Å². The highest BCUT2D eigenvalue weighted by molar-refractivity contribution is 7.10. The van der Waals surface area contributed by atoms with E-state index in [0.29, 0.717) is 6.42 Å². The van der Waals surface area contributed by atoms with E-state index in [-0.39, 0.29) is 29.8 Å². The third-order valence-electron chi connectivity index (χ3n) is 4.67. The van der Waals surface area contributed by atoms with Gasteiger partial charge in [-0.15, -0.1) is 11.3 Å². The molecule has 2 amide bonds. The van der Waals surface area contributed by atoms with Gasteiger partial charge in [0.25, 0.3) is 0 Å². The van der Waals surface area contributed by atoms with Crippen LogP contribution in [-0.2, 0) is 9.59 Å². The minimum Gasteiger partial charge on any atom is -0.341 e. The van der Waals surface area contributed by atoms with E-state index in [1.807, 2.05) is 29.5 Å². The van der Waals surface area contributed by atoms with E-state index in [2.05, 4.69) is 5.32 Å². The summed E-state index contributed by atoms with van der Waals surface area (Å²) in [7, 11) is 3.67. The van der Waals surface area contributed by atoms with Gasteiger partial charge in [-0.2, -0.15) is 0 Å². The van der Waals surface area contributed by atoms with Crippen LogP contribution in [0.4, 0.5) is 0 Å². The highest BCUT2D eigenvalue weighted by atomic mass is 32.1. The van der Waals surface area contributed by atoms with Crippen LogP contribution in [0, 0.1) is 5.92 Å². The van der Waals surface area contributed by atoms with Crippen LogP contribution in [0.15, 0.2) is 17.5 Å². The topological polar surface area (TPSA) is 52.7 Å². The van der Waals surface area contributed by atoms with Crippen molar-refractivity contribution in [3.8, 4) is 0 Å². The summed E-state index contributed by atoms with van der Waals surface area (Å²) in [6.07, 6.45) is 1.31. The monoisotopic (exact) mass is 307 g/mol. The van der Waals surface area contributed by atoms with E-state index in [9.17, 15) is 9.59 Å². The first-order chi connectivity index (χ1) is 10.1. The van der Waals surface area contributed by atoms with Crippen molar-refractivity contribution < 1.29 is 9.59 Å². The number of amides is 2. The number of nitrogens with one attached hydrogen (secondary N) is 1. The molecule has 0 bridgehead atoms. The molecule has 3 rings (SSSR count). The first kappa shape index (κ1) is 14.5. The molecule has 5 nitrogen and oxygen atoms in total. The van der Waals surface area contributed by atoms with E-state index in [0.717, 1.165) is 24.4 Å². The number of carbonyl (C=O) groups is 2. The Labute approximate surface area is 128 Å². The Hall–Kier alpha value is -1.40. The molecular formula is C15H21N3O2S. The van der Waals surface area contributed by atoms with Crippen molar-refractivity contribution >= 4 is 23.2 Å². The number of likely N-dealkylation sites (N-methyl/N-ethyl adjacent to an activating group) is 1. The smallest absolute Gasteiger partial charge is 0.228 e. The molecule has 0 aliphatic carbocycles. The zero-order chi connectivity index (χ0) is 15.0. The molecule has 0 aromatic carbocycles. The molecule has 2 aliphatic rings. The first-order valence-electron chi connectivity index (χ1n) is 7.36. The second-order valence-corrected chi connectivity index (χ2v) is 6.85. The average Bonchev–Trinajstić information content (AvgIpc) is 3.19. The van der Waals surface area contributed by atoms with Crippen LogP contribution < -0.4 is 5.32 Å². The lowest BCUT2D eigenvalue weighted by Crippen LogP contribution is -2.43. The summed E-state index contributed by atoms with van der Waals surface area (Å²) in [4.78, 5) is 29.6. The van der Waals surface area contributed by atoms with Gasteiger partial charge in [-0.05, 0) is 24.4 Å². The molecule has 1 N–H and O–H groups in total. The fraction of sp³-hybridized carbons (Fsp3) is 0.600. The number of thiophene rings is 1. The Morgan fingerprint density at radius 1 is 1.52 bits per heavy atom. The molecule has 1 aromatic heterocycles. The molecule has 3 atom stereocenters. The van der Waals surface area contributed by atoms with E-state index < -0.39 is 0 Å². The van der Waals surface area contributed by atoms with Crippen LogP contribution in [0.1, 0.15) is 23.8 Å². The Balaban J connectivity index is 1.81. The standard InChI is InChI=1S/C15H21N3O2S/c1-17(10-5-6-16-9-10)15(20)11-8-13(19)18(2)14(11)12-4-3-7-21-12/h3-4,7,10-11,14,16H,5-6,8-9H2,1-2H3/t10-,11-,14+/m1/s1. The minimum absolute atomic E-state index is 0.0599. The number of hydrogen-bond acceptors (Lipinski definition) is 4. The quantitative estimate of drug-likeness (QED) is 0.909. The van der Waals surface area contributed by atoms with Crippen molar-refractivity contribution in [1.29, 1.82) is 0 Å². The summed E-state index contributed by atoms with van der Waals surface area (Å²) >= 11 is 1.61. The maximum atomic E-state index is 12.9. The Morgan fingerprint density at radius 2 is 2.33 bits per heavy atom. The molecule has 2 fully saturated rings. The van der Waals surface area contributed by atoms with Gasteiger partial charge in [0.2, 0.25) is 11.8 Å². The summed E-state index contributed by atoms with van der Waals surface area (Å²) in [5, 5.41) is 5.28. The van der Waals surface area contributed by atoms with Crippen LogP contribution in [0.2, 0.25) is 0 Å². The van der Waals surface area contributed by atoms with Gasteiger partial charge in [0.05, 0.1) is 12.0 Å². The predicted octanol–water partition coefficient (Wildman–Crippen LogP) is 1.09. The predicted molar refractivity (Wildman–Crippen MR) is 82.0 cm³/mol. The van der Waals surface area contributed by atoms with Crippen LogP contribution >= 0.6 is 11.3 Å². The van der Waals surface area contributed by atoms with Crippen molar-refractivity contribution in [2.45, 2.75) is 24.9 Å². The summed E-state index contributed by atoms with van der Waals surface area (Å²) in [6.45, 7) is 1.81. The van der Waals surface area contributed by atoms with E-state index >= 15 is 0 Å². The molecule has 6 heteroatoms. The molecule has 0 unspecified atom stereocenters. The van der Waals surface area contributed by atoms with Crippen molar-refractivity contribution in [1.82, 2.24) is 15.1 Å². The number of likely N-dealkylation sites (tertiary alicyclic amines) is 1. The van der Waals surface area contributed by atoms with Crippen molar-refractivity contribution in [3.63, 3.8) is 0 Å². The zero-order valence-electron chi connectivity index (χ0n) is 12.4. The Bertz CT molecular complexity index is 525. The largest absolute Gasteiger partial charge is 0.341 e. The zero-order valence-corrected chi connectivity index (χ0v) is 13.2. The number of carbonyl (C=O) groups excluding carboxylic acids is 2. The van der Waals surface area contributed by atoms with Gasteiger partial charge in [0, 0.05) is 38.0 Å². The Kier molecular flexibility index (Phi) is 3.99. The van der Waals surface area contributed by atoms with Crippen molar-refractivity contribution in [3.05, 3.63) is 22.4 Å². The van der Waals surface area contributed by atoms with E-state index in [1.165, 1.54) is 0 Å². The molecule has 0 radical (unpaired) electrons. The maximum Gasteiger partial charge on any atom is 0.228 e. The van der Waals surface area contributed by atoms with Crippen molar-refractivity contribution in [2.75, 3.05) is 27.2 Å². The van der Waals surface area contributed by atoms with Crippen LogP contribution in [-0.4, -0.2) is 54.8 Å². The molecule has 114 valence electrons. The van der Waals surface area contributed by atoms with Crippen molar-refractivity contribution in [2.24, 2.45) is 5.92 Å². The number of rotatable bonds is 3. The van der Waals surface area contributed by atoms with Crippen LogP contribution in [0.5, 0.6) is 0 Å². The summed E-state index contributed by atoms with van der Waals surface area (Å²) in [5.41, 5.74) is 0. The van der Waals surface area contributed by atoms with Crippen LogP contribution in [0.3, 0.4) is 0 Å². The molecule has 0 saturated carbocycles.